The highest BCUT2D eigenvalue weighted by Gasteiger charge is 2.14. The first-order chi connectivity index (χ1) is 9.02. The maximum Gasteiger partial charge on any atom is 0.183 e. The van der Waals surface area contributed by atoms with Crippen LogP contribution < -0.4 is 5.32 Å². The number of nitrogens with zero attached hydrogens (tertiary/aromatic N) is 1. The fourth-order valence-electron chi connectivity index (χ4n) is 1.47. The second-order valence-electron chi connectivity index (χ2n) is 3.65. The van der Waals surface area contributed by atoms with E-state index in [1.807, 2.05) is 0 Å². The zero-order valence-electron chi connectivity index (χ0n) is 9.35. The highest BCUT2D eigenvalue weighted by Crippen LogP contribution is 2.30. The second kappa shape index (κ2) is 5.55. The first kappa shape index (κ1) is 13.8. The standard InChI is InChI=1S/C13H6BrClF2N2/c14-9-3-2-8(15)5-11(9)19-10-4-1-7(6-18)12(16)13(10)17/h1-5,19H. The Morgan fingerprint density at radius 2 is 1.84 bits per heavy atom. The minimum absolute atomic E-state index is 0.0699. The summed E-state index contributed by atoms with van der Waals surface area (Å²) in [6.07, 6.45) is 0. The largest absolute Gasteiger partial charge is 0.352 e. The molecular weight excluding hydrogens is 338 g/mol. The molecule has 1 N–H and O–H groups in total. The number of nitriles is 1. The summed E-state index contributed by atoms with van der Waals surface area (Å²) in [6, 6.07) is 8.99. The summed E-state index contributed by atoms with van der Waals surface area (Å²) < 4.78 is 27.9. The van der Waals surface area contributed by atoms with Crippen molar-refractivity contribution < 1.29 is 8.78 Å². The van der Waals surface area contributed by atoms with E-state index in [-0.39, 0.29) is 11.3 Å². The summed E-state index contributed by atoms with van der Waals surface area (Å²) in [4.78, 5) is 0. The highest BCUT2D eigenvalue weighted by atomic mass is 79.9. The number of hydrogen-bond donors (Lipinski definition) is 1. The normalized spacial score (nSPS) is 10.1. The molecule has 0 unspecified atom stereocenters. The topological polar surface area (TPSA) is 35.8 Å². The van der Waals surface area contributed by atoms with Crippen LogP contribution in [0.15, 0.2) is 34.8 Å². The van der Waals surface area contributed by atoms with Gasteiger partial charge >= 0.3 is 0 Å². The minimum Gasteiger partial charge on any atom is -0.352 e. The Balaban J connectivity index is 2.42. The van der Waals surface area contributed by atoms with Crippen molar-refractivity contribution in [2.75, 3.05) is 5.32 Å². The van der Waals surface area contributed by atoms with Crippen LogP contribution in [0.5, 0.6) is 0 Å². The summed E-state index contributed by atoms with van der Waals surface area (Å²) in [7, 11) is 0. The lowest BCUT2D eigenvalue weighted by Crippen LogP contribution is -1.99. The number of nitrogens with one attached hydrogen (secondary N) is 1. The third-order valence-corrected chi connectivity index (χ3v) is 3.33. The van der Waals surface area contributed by atoms with Crippen LogP contribution in [0, 0.1) is 23.0 Å². The van der Waals surface area contributed by atoms with E-state index < -0.39 is 11.6 Å². The molecule has 0 aromatic heterocycles. The van der Waals surface area contributed by atoms with E-state index in [2.05, 4.69) is 21.2 Å². The molecule has 0 aliphatic carbocycles. The summed E-state index contributed by atoms with van der Waals surface area (Å²) in [5.41, 5.74) is 0.0863. The van der Waals surface area contributed by atoms with Crippen molar-refractivity contribution in [1.82, 2.24) is 0 Å². The molecule has 0 spiro atoms. The molecule has 6 heteroatoms. The van der Waals surface area contributed by atoms with Gasteiger partial charge in [0.05, 0.1) is 16.9 Å². The monoisotopic (exact) mass is 342 g/mol. The fraction of sp³-hybridized carbons (Fsp3) is 0. The SMILES string of the molecule is N#Cc1ccc(Nc2cc(Cl)ccc2Br)c(F)c1F. The van der Waals surface area contributed by atoms with Crippen LogP contribution in [0.1, 0.15) is 5.56 Å². The van der Waals surface area contributed by atoms with Crippen molar-refractivity contribution in [3.8, 4) is 6.07 Å². The minimum atomic E-state index is -1.18. The van der Waals surface area contributed by atoms with Crippen LogP contribution in [0.2, 0.25) is 5.02 Å². The number of hydrogen-bond acceptors (Lipinski definition) is 2. The number of halogens is 4. The maximum absolute atomic E-state index is 13.7. The quantitative estimate of drug-likeness (QED) is 0.833. The molecule has 19 heavy (non-hydrogen) atoms. The molecule has 0 aliphatic heterocycles. The lowest BCUT2D eigenvalue weighted by Gasteiger charge is -2.10. The Labute approximate surface area is 121 Å². The summed E-state index contributed by atoms with van der Waals surface area (Å²) in [6.45, 7) is 0. The molecule has 0 fully saturated rings. The van der Waals surface area contributed by atoms with E-state index in [4.69, 9.17) is 16.9 Å². The smallest absolute Gasteiger partial charge is 0.183 e. The number of rotatable bonds is 2. The van der Waals surface area contributed by atoms with Crippen molar-refractivity contribution in [2.24, 2.45) is 0 Å². The molecular formula is C13H6BrClF2N2. The van der Waals surface area contributed by atoms with Crippen molar-refractivity contribution in [3.63, 3.8) is 0 Å². The van der Waals surface area contributed by atoms with Gasteiger partial charge in [0.25, 0.3) is 0 Å². The van der Waals surface area contributed by atoms with Gasteiger partial charge in [0.2, 0.25) is 0 Å². The van der Waals surface area contributed by atoms with E-state index in [9.17, 15) is 8.78 Å². The molecule has 96 valence electrons. The van der Waals surface area contributed by atoms with Gasteiger partial charge in [0.15, 0.2) is 11.6 Å². The second-order valence-corrected chi connectivity index (χ2v) is 4.94. The van der Waals surface area contributed by atoms with E-state index in [1.165, 1.54) is 12.1 Å². The van der Waals surface area contributed by atoms with Gasteiger partial charge in [-0.05, 0) is 46.3 Å². The fourth-order valence-corrected chi connectivity index (χ4v) is 1.99. The Hall–Kier alpha value is -1.64. The Bertz CT molecular complexity index is 683. The lowest BCUT2D eigenvalue weighted by atomic mass is 10.2. The first-order valence-electron chi connectivity index (χ1n) is 5.13. The Kier molecular flexibility index (Phi) is 4.03. The number of benzene rings is 2. The molecule has 0 saturated heterocycles. The zero-order valence-corrected chi connectivity index (χ0v) is 11.7. The third-order valence-electron chi connectivity index (χ3n) is 2.40. The van der Waals surface area contributed by atoms with Crippen molar-refractivity contribution >= 4 is 38.9 Å². The third kappa shape index (κ3) is 2.86. The van der Waals surface area contributed by atoms with Gasteiger partial charge < -0.3 is 5.32 Å². The molecule has 2 aromatic carbocycles. The average Bonchev–Trinajstić information content (AvgIpc) is 2.39. The lowest BCUT2D eigenvalue weighted by molar-refractivity contribution is 0.509. The van der Waals surface area contributed by atoms with Gasteiger partial charge in [-0.3, -0.25) is 0 Å². The summed E-state index contributed by atoms with van der Waals surface area (Å²) in [5.74, 6) is -2.28. The number of anilines is 2. The van der Waals surface area contributed by atoms with Crippen LogP contribution in [0.4, 0.5) is 20.2 Å². The van der Waals surface area contributed by atoms with Crippen molar-refractivity contribution in [1.29, 1.82) is 5.26 Å². The predicted octanol–water partition coefficient (Wildman–Crippen LogP) is 5.00. The molecule has 0 radical (unpaired) electrons. The van der Waals surface area contributed by atoms with Gasteiger partial charge in [-0.1, -0.05) is 11.6 Å². The highest BCUT2D eigenvalue weighted by molar-refractivity contribution is 9.10. The average molecular weight is 344 g/mol. The van der Waals surface area contributed by atoms with E-state index >= 15 is 0 Å². The van der Waals surface area contributed by atoms with Gasteiger partial charge in [-0.25, -0.2) is 8.78 Å². The molecule has 2 rings (SSSR count). The van der Waals surface area contributed by atoms with Crippen LogP contribution in [0.25, 0.3) is 0 Å². The van der Waals surface area contributed by atoms with Crippen molar-refractivity contribution in [2.45, 2.75) is 0 Å². The molecule has 2 nitrogen and oxygen atoms in total. The predicted molar refractivity (Wildman–Crippen MR) is 73.5 cm³/mol. The van der Waals surface area contributed by atoms with Gasteiger partial charge in [0.1, 0.15) is 6.07 Å². The van der Waals surface area contributed by atoms with Crippen LogP contribution in [-0.4, -0.2) is 0 Å². The summed E-state index contributed by atoms with van der Waals surface area (Å²) >= 11 is 9.10. The molecule has 0 heterocycles. The first-order valence-corrected chi connectivity index (χ1v) is 6.30. The zero-order chi connectivity index (χ0) is 14.0. The van der Waals surface area contributed by atoms with Crippen LogP contribution >= 0.6 is 27.5 Å². The van der Waals surface area contributed by atoms with Gasteiger partial charge in [-0.15, -0.1) is 0 Å². The van der Waals surface area contributed by atoms with E-state index in [0.29, 0.717) is 15.2 Å². The van der Waals surface area contributed by atoms with E-state index in [0.717, 1.165) is 0 Å². The molecule has 0 amide bonds. The van der Waals surface area contributed by atoms with E-state index in [1.54, 1.807) is 24.3 Å². The van der Waals surface area contributed by atoms with Crippen molar-refractivity contribution in [3.05, 3.63) is 57.0 Å². The molecule has 2 aromatic rings. The Morgan fingerprint density at radius 3 is 2.53 bits per heavy atom. The van der Waals surface area contributed by atoms with Gasteiger partial charge in [0, 0.05) is 9.50 Å². The maximum atomic E-state index is 13.7. The van der Waals surface area contributed by atoms with Crippen LogP contribution in [-0.2, 0) is 0 Å². The molecule has 0 atom stereocenters. The van der Waals surface area contributed by atoms with Gasteiger partial charge in [-0.2, -0.15) is 5.26 Å². The Morgan fingerprint density at radius 1 is 1.11 bits per heavy atom. The molecule has 0 aliphatic rings. The molecule has 0 bridgehead atoms. The summed E-state index contributed by atoms with van der Waals surface area (Å²) in [5, 5.41) is 11.8. The molecule has 0 saturated carbocycles. The van der Waals surface area contributed by atoms with Crippen LogP contribution in [0.3, 0.4) is 0 Å².